The summed E-state index contributed by atoms with van der Waals surface area (Å²) in [6, 6.07) is 23.9. The molecule has 2 aromatic heterocycles. The maximum absolute atomic E-state index is 5.98. The molecule has 1 fully saturated rings. The molecular formula is C32H37N5S. The third kappa shape index (κ3) is 4.69. The Labute approximate surface area is 232 Å². The quantitative estimate of drug-likeness (QED) is 0.261. The maximum atomic E-state index is 5.98. The molecule has 4 aromatic rings. The van der Waals surface area contributed by atoms with E-state index in [1.54, 1.807) is 0 Å². The first kappa shape index (κ1) is 26.0. The predicted molar refractivity (Wildman–Crippen MR) is 163 cm³/mol. The number of aryl methyl sites for hydroxylation is 3. The molecule has 38 heavy (non-hydrogen) atoms. The molecule has 0 amide bonds. The molecule has 0 aliphatic carbocycles. The molecule has 1 aliphatic heterocycles. The SMILES string of the molecule is CCN(CC)c1ccc(-n2c(C)cc([C@H]3[C@@H](c4ccccn4)NC(=S)N3c3cc(C)cc(C)c3)c2C)cc1. The standard InChI is InChI=1S/C32H37N5S/c1-7-35(8-2)25-12-14-26(15-13-25)36-23(5)20-28(24(36)6)31-30(29-11-9-10-16-33-29)34-32(38)37(31)27-18-21(3)17-22(4)19-27/h9-20,30-31H,7-8H2,1-6H3,(H,34,38)/t30-,31+/m1/s1. The fourth-order valence-corrected chi connectivity index (χ4v) is 6.27. The summed E-state index contributed by atoms with van der Waals surface area (Å²) in [5, 5.41) is 4.34. The van der Waals surface area contributed by atoms with Crippen LogP contribution in [-0.2, 0) is 0 Å². The van der Waals surface area contributed by atoms with E-state index in [1.165, 1.54) is 39.5 Å². The van der Waals surface area contributed by atoms with E-state index >= 15 is 0 Å². The van der Waals surface area contributed by atoms with E-state index < -0.39 is 0 Å². The van der Waals surface area contributed by atoms with Crippen molar-refractivity contribution in [3.8, 4) is 5.69 Å². The minimum absolute atomic E-state index is 0.0338. The van der Waals surface area contributed by atoms with Gasteiger partial charge in [-0.25, -0.2) is 0 Å². The highest BCUT2D eigenvalue weighted by Crippen LogP contribution is 2.44. The molecule has 0 spiro atoms. The number of hydrogen-bond acceptors (Lipinski definition) is 3. The minimum Gasteiger partial charge on any atom is -0.372 e. The summed E-state index contributed by atoms with van der Waals surface area (Å²) in [6.07, 6.45) is 1.86. The zero-order chi connectivity index (χ0) is 27.0. The number of aromatic nitrogens is 2. The predicted octanol–water partition coefficient (Wildman–Crippen LogP) is 7.13. The third-order valence-corrected chi connectivity index (χ3v) is 7.92. The summed E-state index contributed by atoms with van der Waals surface area (Å²) in [5.74, 6) is 0. The Kier molecular flexibility index (Phi) is 7.26. The average Bonchev–Trinajstić information content (AvgIpc) is 3.40. The van der Waals surface area contributed by atoms with Crippen LogP contribution in [0, 0.1) is 27.7 Å². The van der Waals surface area contributed by atoms with Crippen LogP contribution in [0.3, 0.4) is 0 Å². The topological polar surface area (TPSA) is 36.3 Å². The first-order valence-corrected chi connectivity index (χ1v) is 13.9. The Morgan fingerprint density at radius 1 is 0.868 bits per heavy atom. The Morgan fingerprint density at radius 3 is 2.16 bits per heavy atom. The summed E-state index contributed by atoms with van der Waals surface area (Å²) in [7, 11) is 0. The number of benzene rings is 2. The van der Waals surface area contributed by atoms with Gasteiger partial charge in [0.2, 0.25) is 0 Å². The van der Waals surface area contributed by atoms with Gasteiger partial charge in [-0.2, -0.15) is 0 Å². The minimum atomic E-state index is -0.0662. The van der Waals surface area contributed by atoms with Crippen LogP contribution in [0.1, 0.15) is 59.7 Å². The van der Waals surface area contributed by atoms with Gasteiger partial charge in [-0.05, 0) is 125 Å². The zero-order valence-electron chi connectivity index (χ0n) is 23.2. The molecule has 0 bridgehead atoms. The van der Waals surface area contributed by atoms with Crippen LogP contribution in [0.15, 0.2) is 72.9 Å². The smallest absolute Gasteiger partial charge is 0.174 e. The van der Waals surface area contributed by atoms with Crippen molar-refractivity contribution in [3.63, 3.8) is 0 Å². The van der Waals surface area contributed by atoms with Gasteiger partial charge in [-0.1, -0.05) is 12.1 Å². The van der Waals surface area contributed by atoms with Crippen molar-refractivity contribution in [2.75, 3.05) is 22.9 Å². The molecule has 196 valence electrons. The highest BCUT2D eigenvalue weighted by molar-refractivity contribution is 7.80. The van der Waals surface area contributed by atoms with Crippen LogP contribution < -0.4 is 15.1 Å². The molecule has 5 nitrogen and oxygen atoms in total. The first-order valence-electron chi connectivity index (χ1n) is 13.5. The van der Waals surface area contributed by atoms with Gasteiger partial charge < -0.3 is 19.7 Å². The van der Waals surface area contributed by atoms with Crippen LogP contribution in [0.5, 0.6) is 0 Å². The van der Waals surface area contributed by atoms with Crippen LogP contribution >= 0.6 is 12.2 Å². The molecule has 1 saturated heterocycles. The van der Waals surface area contributed by atoms with Gasteiger partial charge in [-0.3, -0.25) is 4.98 Å². The number of thiocarbonyl (C=S) groups is 1. The number of hydrogen-bond donors (Lipinski definition) is 1. The molecule has 0 radical (unpaired) electrons. The molecule has 1 aliphatic rings. The number of anilines is 2. The fraction of sp³-hybridized carbons (Fsp3) is 0.312. The van der Waals surface area contributed by atoms with Crippen molar-refractivity contribution in [1.82, 2.24) is 14.9 Å². The lowest BCUT2D eigenvalue weighted by Crippen LogP contribution is -2.29. The van der Waals surface area contributed by atoms with Gasteiger partial charge in [-0.15, -0.1) is 0 Å². The zero-order valence-corrected chi connectivity index (χ0v) is 24.0. The molecule has 3 heterocycles. The largest absolute Gasteiger partial charge is 0.372 e. The Hall–Kier alpha value is -3.64. The van der Waals surface area contributed by atoms with Crippen molar-refractivity contribution >= 4 is 28.7 Å². The number of rotatable bonds is 7. The number of nitrogens with zero attached hydrogens (tertiary/aromatic N) is 4. The van der Waals surface area contributed by atoms with Gasteiger partial charge in [0, 0.05) is 47.7 Å². The Bertz CT molecular complexity index is 1420. The normalized spacial score (nSPS) is 17.1. The van der Waals surface area contributed by atoms with Gasteiger partial charge in [0.05, 0.1) is 17.8 Å². The first-order chi connectivity index (χ1) is 18.3. The van der Waals surface area contributed by atoms with Crippen molar-refractivity contribution in [2.45, 2.75) is 53.6 Å². The second-order valence-corrected chi connectivity index (χ2v) is 10.6. The lowest BCUT2D eigenvalue weighted by molar-refractivity contribution is 0.565. The summed E-state index contributed by atoms with van der Waals surface area (Å²) in [6.45, 7) is 15.1. The summed E-state index contributed by atoms with van der Waals surface area (Å²) in [5.41, 5.74) is 10.6. The van der Waals surface area contributed by atoms with E-state index in [1.807, 2.05) is 18.3 Å². The van der Waals surface area contributed by atoms with Crippen LogP contribution in [0.4, 0.5) is 11.4 Å². The Morgan fingerprint density at radius 2 is 1.55 bits per heavy atom. The lowest BCUT2D eigenvalue weighted by Gasteiger charge is -2.29. The van der Waals surface area contributed by atoms with Crippen molar-refractivity contribution in [2.24, 2.45) is 0 Å². The van der Waals surface area contributed by atoms with Crippen LogP contribution in [0.2, 0.25) is 0 Å². The molecular weight excluding hydrogens is 486 g/mol. The fourth-order valence-electron chi connectivity index (χ4n) is 5.92. The molecule has 6 heteroatoms. The highest BCUT2D eigenvalue weighted by atomic mass is 32.1. The average molecular weight is 524 g/mol. The molecule has 1 N–H and O–H groups in total. The van der Waals surface area contributed by atoms with Gasteiger partial charge in [0.25, 0.3) is 0 Å². The van der Waals surface area contributed by atoms with Crippen LogP contribution in [0.25, 0.3) is 5.69 Å². The van der Waals surface area contributed by atoms with Gasteiger partial charge >= 0.3 is 0 Å². The molecule has 2 aromatic carbocycles. The lowest BCUT2D eigenvalue weighted by atomic mass is 9.96. The highest BCUT2D eigenvalue weighted by Gasteiger charge is 2.42. The van der Waals surface area contributed by atoms with Crippen LogP contribution in [-0.4, -0.2) is 27.8 Å². The Balaban J connectivity index is 1.63. The molecule has 0 saturated carbocycles. The van der Waals surface area contributed by atoms with E-state index in [4.69, 9.17) is 17.2 Å². The van der Waals surface area contributed by atoms with Crippen molar-refractivity contribution in [3.05, 3.63) is 107 Å². The molecule has 5 rings (SSSR count). The maximum Gasteiger partial charge on any atom is 0.174 e. The van der Waals surface area contributed by atoms with Gasteiger partial charge in [0.1, 0.15) is 0 Å². The molecule has 0 unspecified atom stereocenters. The van der Waals surface area contributed by atoms with Gasteiger partial charge in [0.15, 0.2) is 5.11 Å². The van der Waals surface area contributed by atoms with Crippen molar-refractivity contribution < 1.29 is 0 Å². The van der Waals surface area contributed by atoms with E-state index in [0.717, 1.165) is 29.6 Å². The second-order valence-electron chi connectivity index (χ2n) is 10.2. The van der Waals surface area contributed by atoms with E-state index in [2.05, 4.69) is 116 Å². The van der Waals surface area contributed by atoms with Crippen molar-refractivity contribution in [1.29, 1.82) is 0 Å². The summed E-state index contributed by atoms with van der Waals surface area (Å²) < 4.78 is 2.36. The van der Waals surface area contributed by atoms with E-state index in [0.29, 0.717) is 0 Å². The van der Waals surface area contributed by atoms with E-state index in [-0.39, 0.29) is 12.1 Å². The third-order valence-electron chi connectivity index (χ3n) is 7.61. The number of pyridine rings is 1. The summed E-state index contributed by atoms with van der Waals surface area (Å²) >= 11 is 5.98. The van der Waals surface area contributed by atoms with E-state index in [9.17, 15) is 0 Å². The number of nitrogens with one attached hydrogen (secondary N) is 1. The monoisotopic (exact) mass is 523 g/mol. The molecule has 2 atom stereocenters. The second kappa shape index (κ2) is 10.6. The summed E-state index contributed by atoms with van der Waals surface area (Å²) in [4.78, 5) is 9.39.